The molecule has 0 aliphatic heterocycles. The zero-order chi connectivity index (χ0) is 13.9. The Balaban J connectivity index is 1.91. The predicted molar refractivity (Wildman–Crippen MR) is 75.9 cm³/mol. The standard InChI is InChI=1S/C17H12O3/c18-15(11-16(19)17-9-4-10-20-17)14-8-3-6-12-5-1-2-7-13(12)14/h1-10H,11H2. The van der Waals surface area contributed by atoms with Gasteiger partial charge in [-0.05, 0) is 22.9 Å². The molecule has 0 radical (unpaired) electrons. The molecule has 3 aromatic rings. The average Bonchev–Trinajstić information content (AvgIpc) is 3.01. The minimum absolute atomic E-state index is 0.179. The van der Waals surface area contributed by atoms with E-state index in [2.05, 4.69) is 0 Å². The predicted octanol–water partition coefficient (Wildman–Crippen LogP) is 3.89. The highest BCUT2D eigenvalue weighted by Gasteiger charge is 2.17. The Labute approximate surface area is 115 Å². The number of furan rings is 1. The Kier molecular flexibility index (Phi) is 3.17. The van der Waals surface area contributed by atoms with Gasteiger partial charge in [-0.3, -0.25) is 9.59 Å². The van der Waals surface area contributed by atoms with Crippen LogP contribution in [-0.4, -0.2) is 11.6 Å². The third-order valence-electron chi connectivity index (χ3n) is 3.21. The summed E-state index contributed by atoms with van der Waals surface area (Å²) < 4.78 is 5.02. The van der Waals surface area contributed by atoms with Crippen molar-refractivity contribution in [1.82, 2.24) is 0 Å². The first-order valence-electron chi connectivity index (χ1n) is 6.33. The number of benzene rings is 2. The second kappa shape index (κ2) is 5.13. The van der Waals surface area contributed by atoms with E-state index in [1.165, 1.54) is 6.26 Å². The molecule has 0 aliphatic carbocycles. The topological polar surface area (TPSA) is 47.3 Å². The first kappa shape index (κ1) is 12.4. The van der Waals surface area contributed by atoms with Gasteiger partial charge < -0.3 is 4.42 Å². The summed E-state index contributed by atoms with van der Waals surface area (Å²) in [6.45, 7) is 0. The Morgan fingerprint density at radius 3 is 2.45 bits per heavy atom. The fourth-order valence-electron chi connectivity index (χ4n) is 2.23. The van der Waals surface area contributed by atoms with E-state index in [-0.39, 0.29) is 23.7 Å². The lowest BCUT2D eigenvalue weighted by atomic mass is 9.98. The summed E-state index contributed by atoms with van der Waals surface area (Å²) in [5, 5.41) is 1.86. The van der Waals surface area contributed by atoms with Gasteiger partial charge in [0.05, 0.1) is 12.7 Å². The molecule has 0 atom stereocenters. The largest absolute Gasteiger partial charge is 0.461 e. The lowest BCUT2D eigenvalue weighted by molar-refractivity contribution is 0.0879. The molecule has 0 amide bonds. The van der Waals surface area contributed by atoms with Crippen molar-refractivity contribution in [3.05, 3.63) is 72.2 Å². The fraction of sp³-hybridized carbons (Fsp3) is 0.0588. The van der Waals surface area contributed by atoms with Crippen LogP contribution in [0.15, 0.2) is 65.3 Å². The zero-order valence-corrected chi connectivity index (χ0v) is 10.7. The summed E-state index contributed by atoms with van der Waals surface area (Å²) >= 11 is 0. The van der Waals surface area contributed by atoms with Crippen LogP contribution < -0.4 is 0 Å². The van der Waals surface area contributed by atoms with Gasteiger partial charge in [0.25, 0.3) is 0 Å². The van der Waals surface area contributed by atoms with Gasteiger partial charge in [-0.2, -0.15) is 0 Å². The number of carbonyl (C=O) groups is 2. The fourth-order valence-corrected chi connectivity index (χ4v) is 2.23. The van der Waals surface area contributed by atoms with Crippen LogP contribution in [0.4, 0.5) is 0 Å². The van der Waals surface area contributed by atoms with Crippen LogP contribution in [0.3, 0.4) is 0 Å². The summed E-state index contributed by atoms with van der Waals surface area (Å²) in [4.78, 5) is 24.2. The van der Waals surface area contributed by atoms with Crippen LogP contribution in [0.1, 0.15) is 27.3 Å². The molecular formula is C17H12O3. The quantitative estimate of drug-likeness (QED) is 0.530. The molecule has 3 rings (SSSR count). The van der Waals surface area contributed by atoms with Crippen LogP contribution in [0.5, 0.6) is 0 Å². The maximum absolute atomic E-state index is 12.3. The van der Waals surface area contributed by atoms with Crippen molar-refractivity contribution in [2.75, 3.05) is 0 Å². The molecule has 98 valence electrons. The van der Waals surface area contributed by atoms with Crippen molar-refractivity contribution in [1.29, 1.82) is 0 Å². The van der Waals surface area contributed by atoms with E-state index < -0.39 is 0 Å². The van der Waals surface area contributed by atoms with Crippen molar-refractivity contribution < 1.29 is 14.0 Å². The van der Waals surface area contributed by atoms with E-state index in [1.807, 2.05) is 36.4 Å². The maximum Gasteiger partial charge on any atom is 0.205 e. The van der Waals surface area contributed by atoms with Crippen molar-refractivity contribution >= 4 is 22.3 Å². The van der Waals surface area contributed by atoms with E-state index >= 15 is 0 Å². The molecule has 2 aromatic carbocycles. The second-order valence-electron chi connectivity index (χ2n) is 4.53. The molecule has 0 spiro atoms. The van der Waals surface area contributed by atoms with Crippen molar-refractivity contribution in [2.24, 2.45) is 0 Å². The summed E-state index contributed by atoms with van der Waals surface area (Å²) in [6.07, 6.45) is 1.25. The molecule has 0 unspecified atom stereocenters. The lowest BCUT2D eigenvalue weighted by Gasteiger charge is -2.04. The number of carbonyl (C=O) groups excluding carboxylic acids is 2. The minimum Gasteiger partial charge on any atom is -0.461 e. The van der Waals surface area contributed by atoms with Crippen molar-refractivity contribution in [3.63, 3.8) is 0 Å². The average molecular weight is 264 g/mol. The molecule has 3 nitrogen and oxygen atoms in total. The third-order valence-corrected chi connectivity index (χ3v) is 3.21. The Hall–Kier alpha value is -2.68. The minimum atomic E-state index is -0.298. The Bertz CT molecular complexity index is 765. The molecule has 1 heterocycles. The smallest absolute Gasteiger partial charge is 0.205 e. The van der Waals surface area contributed by atoms with Crippen LogP contribution in [0.2, 0.25) is 0 Å². The van der Waals surface area contributed by atoms with E-state index in [9.17, 15) is 9.59 Å². The highest BCUT2D eigenvalue weighted by atomic mass is 16.3. The molecule has 0 saturated carbocycles. The van der Waals surface area contributed by atoms with Crippen molar-refractivity contribution in [2.45, 2.75) is 6.42 Å². The van der Waals surface area contributed by atoms with E-state index in [0.29, 0.717) is 5.56 Å². The van der Waals surface area contributed by atoms with Crippen LogP contribution >= 0.6 is 0 Å². The molecule has 20 heavy (non-hydrogen) atoms. The number of hydrogen-bond acceptors (Lipinski definition) is 3. The summed E-state index contributed by atoms with van der Waals surface area (Å²) in [5.41, 5.74) is 0.572. The van der Waals surface area contributed by atoms with Gasteiger partial charge in [-0.15, -0.1) is 0 Å². The molecule has 0 fully saturated rings. The van der Waals surface area contributed by atoms with Crippen LogP contribution in [-0.2, 0) is 0 Å². The Morgan fingerprint density at radius 2 is 1.65 bits per heavy atom. The first-order chi connectivity index (χ1) is 9.75. The molecule has 0 saturated heterocycles. The lowest BCUT2D eigenvalue weighted by Crippen LogP contribution is -2.08. The first-order valence-corrected chi connectivity index (χ1v) is 6.33. The number of ketones is 2. The van der Waals surface area contributed by atoms with Gasteiger partial charge >= 0.3 is 0 Å². The van der Waals surface area contributed by atoms with Gasteiger partial charge in [-0.1, -0.05) is 42.5 Å². The summed E-state index contributed by atoms with van der Waals surface area (Å²) in [5.74, 6) is -0.269. The monoisotopic (exact) mass is 264 g/mol. The van der Waals surface area contributed by atoms with Gasteiger partial charge in [-0.25, -0.2) is 0 Å². The van der Waals surface area contributed by atoms with E-state index in [4.69, 9.17) is 4.42 Å². The van der Waals surface area contributed by atoms with Crippen LogP contribution in [0, 0.1) is 0 Å². The van der Waals surface area contributed by atoms with Gasteiger partial charge in [0.2, 0.25) is 5.78 Å². The normalized spacial score (nSPS) is 10.6. The third kappa shape index (κ3) is 2.26. The SMILES string of the molecule is O=C(CC(=O)c1cccc2ccccc12)c1ccco1. The maximum atomic E-state index is 12.3. The van der Waals surface area contributed by atoms with Crippen molar-refractivity contribution in [3.8, 4) is 0 Å². The molecule has 1 aromatic heterocycles. The second-order valence-corrected chi connectivity index (χ2v) is 4.53. The number of hydrogen-bond donors (Lipinski definition) is 0. The summed E-state index contributed by atoms with van der Waals surface area (Å²) in [6, 6.07) is 16.4. The highest BCUT2D eigenvalue weighted by molar-refractivity contribution is 6.17. The molecule has 0 bridgehead atoms. The molecular weight excluding hydrogens is 252 g/mol. The van der Waals surface area contributed by atoms with Gasteiger partial charge in [0.15, 0.2) is 11.5 Å². The molecule has 0 aliphatic rings. The number of fused-ring (bicyclic) bond motifs is 1. The zero-order valence-electron chi connectivity index (χ0n) is 10.7. The van der Waals surface area contributed by atoms with E-state index in [0.717, 1.165) is 10.8 Å². The van der Waals surface area contributed by atoms with Gasteiger partial charge in [0, 0.05) is 5.56 Å². The molecule has 0 N–H and O–H groups in total. The number of Topliss-reactive ketones (excluding diaryl/α,β-unsaturated/α-hetero) is 2. The Morgan fingerprint density at radius 1 is 0.850 bits per heavy atom. The summed E-state index contributed by atoms with van der Waals surface area (Å²) in [7, 11) is 0. The van der Waals surface area contributed by atoms with Crippen LogP contribution in [0.25, 0.3) is 10.8 Å². The van der Waals surface area contributed by atoms with E-state index in [1.54, 1.807) is 18.2 Å². The van der Waals surface area contributed by atoms with Gasteiger partial charge in [0.1, 0.15) is 0 Å². The molecule has 3 heteroatoms. The number of rotatable bonds is 4. The highest BCUT2D eigenvalue weighted by Crippen LogP contribution is 2.20.